The van der Waals surface area contributed by atoms with Crippen LogP contribution in [0.25, 0.3) is 0 Å². The van der Waals surface area contributed by atoms with E-state index >= 15 is 0 Å². The Balaban J connectivity index is 1.68. The van der Waals surface area contributed by atoms with E-state index in [-0.39, 0.29) is 43.3 Å². The lowest BCUT2D eigenvalue weighted by Crippen LogP contribution is -2.59. The number of rotatable bonds is 15. The number of nitrogens with zero attached hydrogens (tertiary/aromatic N) is 2. The summed E-state index contributed by atoms with van der Waals surface area (Å²) >= 11 is 0. The second-order valence-corrected chi connectivity index (χ2v) is 12.4. The molecule has 2 bridgehead atoms. The number of amides is 3. The average molecular weight is 610 g/mol. The Morgan fingerprint density at radius 3 is 2.50 bits per heavy atom. The van der Waals surface area contributed by atoms with E-state index in [0.717, 1.165) is 0 Å². The van der Waals surface area contributed by atoms with Crippen LogP contribution in [0.1, 0.15) is 71.5 Å². The molecule has 0 unspecified atom stereocenters. The summed E-state index contributed by atoms with van der Waals surface area (Å²) in [5.74, 6) is -3.33. The highest BCUT2D eigenvalue weighted by molar-refractivity contribution is 5.98. The molecule has 44 heavy (non-hydrogen) atoms. The zero-order valence-electron chi connectivity index (χ0n) is 26.3. The van der Waals surface area contributed by atoms with Gasteiger partial charge in [-0.3, -0.25) is 19.2 Å². The third-order valence-electron chi connectivity index (χ3n) is 9.34. The molecule has 10 nitrogen and oxygen atoms in total. The highest BCUT2D eigenvalue weighted by atomic mass is 16.6. The lowest BCUT2D eigenvalue weighted by Gasteiger charge is -2.40. The van der Waals surface area contributed by atoms with Gasteiger partial charge in [0.05, 0.1) is 36.6 Å². The topological polar surface area (TPSA) is 125 Å². The molecule has 1 spiro atoms. The van der Waals surface area contributed by atoms with Crippen LogP contribution in [-0.2, 0) is 28.7 Å². The number of likely N-dealkylation sites (tertiary alicyclic amines) is 1. The average Bonchev–Trinajstić information content (AvgIpc) is 3.65. The van der Waals surface area contributed by atoms with Crippen LogP contribution in [0.5, 0.6) is 0 Å². The highest BCUT2D eigenvalue weighted by Gasteiger charge is 2.75. The summed E-state index contributed by atoms with van der Waals surface area (Å²) in [7, 11) is 0. The Hall–Kier alpha value is -3.50. The molecule has 3 heterocycles. The summed E-state index contributed by atoms with van der Waals surface area (Å²) in [6, 6.07) is 6.83. The number of carbonyl (C=O) groups excluding carboxylic acids is 4. The number of hydrogen-bond acceptors (Lipinski definition) is 7. The first-order chi connectivity index (χ1) is 21.1. The van der Waals surface area contributed by atoms with Crippen molar-refractivity contribution in [1.29, 1.82) is 0 Å². The highest BCUT2D eigenvalue weighted by Crippen LogP contribution is 2.59. The SMILES string of the molecule is C=CCCC(=O)N[C@H](C)[C@@H](OC(=O)[C@@H]1[C@H]2C(=O)N([C@@H](CC)CO)[C@H](C(=O)N(CC=C)C(C)C)[C@]23CC[C@H]1O3)c1ccccc1. The summed E-state index contributed by atoms with van der Waals surface area (Å²) in [6.07, 6.45) is 4.03. The summed E-state index contributed by atoms with van der Waals surface area (Å²) in [4.78, 5) is 58.4. The number of hydrogen-bond donors (Lipinski definition) is 2. The van der Waals surface area contributed by atoms with E-state index in [4.69, 9.17) is 9.47 Å². The van der Waals surface area contributed by atoms with Crippen LogP contribution >= 0.6 is 0 Å². The normalized spacial score (nSPS) is 27.4. The first kappa shape index (κ1) is 33.4. The van der Waals surface area contributed by atoms with Gasteiger partial charge in [0.2, 0.25) is 17.7 Å². The van der Waals surface area contributed by atoms with Gasteiger partial charge in [-0.2, -0.15) is 0 Å². The van der Waals surface area contributed by atoms with Gasteiger partial charge in [0.25, 0.3) is 0 Å². The van der Waals surface area contributed by atoms with Crippen LogP contribution in [0.15, 0.2) is 55.6 Å². The number of esters is 1. The summed E-state index contributed by atoms with van der Waals surface area (Å²) in [6.45, 7) is 14.9. The standard InChI is InChI=1S/C34H47N3O7/c1-7-10-16-26(39)35-22(6)29(23-14-12-11-13-15-23)43-33(42)27-25-17-18-34(44-25)28(27)31(40)37(24(9-3)20-38)30(34)32(41)36(19-8-2)21(4)5/h7-8,11-15,21-22,24-25,27-30,38H,1-2,9-10,16-20H2,3-6H3,(H,35,39)/t22-,24+,25-,27+,28+,29-,30-,34+/m1/s1. The number of ether oxygens (including phenoxy) is 2. The molecule has 1 aromatic carbocycles. The van der Waals surface area contributed by atoms with Crippen molar-refractivity contribution in [3.63, 3.8) is 0 Å². The number of benzene rings is 1. The smallest absolute Gasteiger partial charge is 0.313 e. The monoisotopic (exact) mass is 609 g/mol. The molecule has 3 saturated heterocycles. The fourth-order valence-electron chi connectivity index (χ4n) is 7.24. The van der Waals surface area contributed by atoms with Crippen LogP contribution < -0.4 is 5.32 Å². The lowest BCUT2D eigenvalue weighted by atomic mass is 9.70. The van der Waals surface area contributed by atoms with Gasteiger partial charge in [-0.05, 0) is 52.0 Å². The summed E-state index contributed by atoms with van der Waals surface area (Å²) in [5, 5.41) is 13.2. The van der Waals surface area contributed by atoms with Crippen molar-refractivity contribution in [1.82, 2.24) is 15.1 Å². The molecule has 3 aliphatic heterocycles. The van der Waals surface area contributed by atoms with E-state index in [1.807, 2.05) is 51.1 Å². The Bertz CT molecular complexity index is 1230. The predicted octanol–water partition coefficient (Wildman–Crippen LogP) is 3.31. The molecular weight excluding hydrogens is 562 g/mol. The molecule has 0 aromatic heterocycles. The minimum Gasteiger partial charge on any atom is -0.455 e. The van der Waals surface area contributed by atoms with Crippen LogP contribution in [0.3, 0.4) is 0 Å². The second-order valence-electron chi connectivity index (χ2n) is 12.4. The van der Waals surface area contributed by atoms with Gasteiger partial charge in [-0.15, -0.1) is 13.2 Å². The molecule has 3 fully saturated rings. The Morgan fingerprint density at radius 2 is 1.91 bits per heavy atom. The van der Waals surface area contributed by atoms with Crippen LogP contribution in [0.2, 0.25) is 0 Å². The van der Waals surface area contributed by atoms with Crippen molar-refractivity contribution in [2.45, 2.75) is 102 Å². The van der Waals surface area contributed by atoms with Crippen molar-refractivity contribution in [2.24, 2.45) is 11.8 Å². The molecule has 0 radical (unpaired) electrons. The number of aliphatic hydroxyl groups is 1. The van der Waals surface area contributed by atoms with Gasteiger partial charge >= 0.3 is 5.97 Å². The predicted molar refractivity (Wildman–Crippen MR) is 165 cm³/mol. The molecule has 3 aliphatic rings. The van der Waals surface area contributed by atoms with Crippen molar-refractivity contribution in [3.8, 4) is 0 Å². The lowest BCUT2D eigenvalue weighted by molar-refractivity contribution is -0.162. The van der Waals surface area contributed by atoms with Crippen LogP contribution in [-0.4, -0.2) is 87.6 Å². The third-order valence-corrected chi connectivity index (χ3v) is 9.34. The van der Waals surface area contributed by atoms with Crippen molar-refractivity contribution < 1.29 is 33.8 Å². The van der Waals surface area contributed by atoms with E-state index in [0.29, 0.717) is 31.2 Å². The maximum atomic E-state index is 14.3. The van der Waals surface area contributed by atoms with E-state index < -0.39 is 53.7 Å². The van der Waals surface area contributed by atoms with Gasteiger partial charge in [0, 0.05) is 19.0 Å². The van der Waals surface area contributed by atoms with Gasteiger partial charge in [-0.25, -0.2) is 0 Å². The van der Waals surface area contributed by atoms with Crippen molar-refractivity contribution in [2.75, 3.05) is 13.2 Å². The maximum absolute atomic E-state index is 14.3. The first-order valence-corrected chi connectivity index (χ1v) is 15.7. The first-order valence-electron chi connectivity index (χ1n) is 15.7. The molecule has 8 atom stereocenters. The molecule has 0 aliphatic carbocycles. The van der Waals surface area contributed by atoms with E-state index in [1.54, 1.807) is 24.0 Å². The van der Waals surface area contributed by atoms with E-state index in [2.05, 4.69) is 18.5 Å². The minimum atomic E-state index is -1.22. The van der Waals surface area contributed by atoms with E-state index in [1.165, 1.54) is 4.90 Å². The van der Waals surface area contributed by atoms with Gasteiger partial charge in [-0.1, -0.05) is 49.4 Å². The van der Waals surface area contributed by atoms with Crippen LogP contribution in [0.4, 0.5) is 0 Å². The van der Waals surface area contributed by atoms with Gasteiger partial charge < -0.3 is 29.7 Å². The molecule has 1 aromatic rings. The fraction of sp³-hybridized carbons (Fsp3) is 0.588. The van der Waals surface area contributed by atoms with Crippen molar-refractivity contribution >= 4 is 23.7 Å². The minimum absolute atomic E-state index is 0.170. The number of allylic oxidation sites excluding steroid dienone is 1. The molecule has 2 N–H and O–H groups in total. The zero-order valence-corrected chi connectivity index (χ0v) is 26.3. The quantitative estimate of drug-likeness (QED) is 0.231. The molecule has 10 heteroatoms. The van der Waals surface area contributed by atoms with E-state index in [9.17, 15) is 24.3 Å². The molecule has 4 rings (SSSR count). The molecular formula is C34H47N3O7. The third kappa shape index (κ3) is 6.06. The number of carbonyl (C=O) groups is 4. The number of aliphatic hydroxyl groups excluding tert-OH is 1. The molecule has 240 valence electrons. The number of nitrogens with one attached hydrogen (secondary N) is 1. The largest absolute Gasteiger partial charge is 0.455 e. The second kappa shape index (κ2) is 14.1. The Morgan fingerprint density at radius 1 is 1.20 bits per heavy atom. The fourth-order valence-corrected chi connectivity index (χ4v) is 7.24. The molecule has 3 amide bonds. The van der Waals surface area contributed by atoms with Crippen molar-refractivity contribution in [3.05, 3.63) is 61.2 Å². The molecule has 0 saturated carbocycles. The Labute approximate surface area is 260 Å². The Kier molecular flexibility index (Phi) is 10.7. The van der Waals surface area contributed by atoms with Gasteiger partial charge in [0.15, 0.2) is 0 Å². The van der Waals surface area contributed by atoms with Crippen LogP contribution in [0, 0.1) is 11.8 Å². The summed E-state index contributed by atoms with van der Waals surface area (Å²) in [5.41, 5.74) is -0.515. The van der Waals surface area contributed by atoms with Gasteiger partial charge in [0.1, 0.15) is 17.7 Å². The maximum Gasteiger partial charge on any atom is 0.313 e. The number of fused-ring (bicyclic) bond motifs is 1. The zero-order chi connectivity index (χ0) is 32.2. The summed E-state index contributed by atoms with van der Waals surface area (Å²) < 4.78 is 12.7.